The van der Waals surface area contributed by atoms with E-state index in [-0.39, 0.29) is 17.0 Å². The van der Waals surface area contributed by atoms with Gasteiger partial charge in [0, 0.05) is 36.1 Å². The molecule has 0 radical (unpaired) electrons. The third-order valence-corrected chi connectivity index (χ3v) is 6.00. The molecule has 0 bridgehead atoms. The highest BCUT2D eigenvalue weighted by atomic mass is 19.4. The SMILES string of the molecule is CCn1cc(Cn2cc(NC(=O)c3cc4nc(-c5ccc(C)c(C)c5)cc(C(F)(F)F)n4n3)cn2)cn1. The Morgan fingerprint density at radius 3 is 2.49 bits per heavy atom. The Morgan fingerprint density at radius 2 is 1.78 bits per heavy atom. The van der Waals surface area contributed by atoms with E-state index in [0.717, 1.165) is 29.3 Å². The molecule has 0 aliphatic carbocycles. The zero-order valence-electron chi connectivity index (χ0n) is 20.3. The van der Waals surface area contributed by atoms with Gasteiger partial charge in [-0.15, -0.1) is 0 Å². The number of nitrogens with zero attached hydrogens (tertiary/aromatic N) is 7. The second kappa shape index (κ2) is 9.19. The Hall–Kier alpha value is -4.48. The van der Waals surface area contributed by atoms with Crippen molar-refractivity contribution < 1.29 is 18.0 Å². The van der Waals surface area contributed by atoms with E-state index in [0.29, 0.717) is 22.3 Å². The molecule has 5 aromatic rings. The van der Waals surface area contributed by atoms with Crippen LogP contribution < -0.4 is 5.32 Å². The van der Waals surface area contributed by atoms with E-state index in [1.54, 1.807) is 33.9 Å². The minimum Gasteiger partial charge on any atom is -0.318 e. The van der Waals surface area contributed by atoms with Gasteiger partial charge in [-0.1, -0.05) is 12.1 Å². The molecular formula is C25H23F3N8O. The number of rotatable bonds is 6. The van der Waals surface area contributed by atoms with Gasteiger partial charge in [0.25, 0.3) is 5.91 Å². The van der Waals surface area contributed by atoms with Crippen LogP contribution in [0.5, 0.6) is 0 Å². The number of aryl methyl sites for hydroxylation is 3. The average Bonchev–Trinajstić information content (AvgIpc) is 3.59. The second-order valence-corrected chi connectivity index (χ2v) is 8.71. The number of aromatic nitrogens is 7. The van der Waals surface area contributed by atoms with Crippen molar-refractivity contribution in [2.75, 3.05) is 5.32 Å². The number of hydrogen-bond acceptors (Lipinski definition) is 5. The number of benzene rings is 1. The summed E-state index contributed by atoms with van der Waals surface area (Å²) in [4.78, 5) is 17.2. The first-order valence-corrected chi connectivity index (χ1v) is 11.5. The van der Waals surface area contributed by atoms with Gasteiger partial charge in [-0.2, -0.15) is 28.5 Å². The van der Waals surface area contributed by atoms with Crippen molar-refractivity contribution >= 4 is 17.2 Å². The highest BCUT2D eigenvalue weighted by molar-refractivity contribution is 6.03. The lowest BCUT2D eigenvalue weighted by Gasteiger charge is -2.11. The first-order chi connectivity index (χ1) is 17.6. The molecular weight excluding hydrogens is 485 g/mol. The van der Waals surface area contributed by atoms with Gasteiger partial charge >= 0.3 is 6.18 Å². The molecule has 190 valence electrons. The molecule has 12 heteroatoms. The third kappa shape index (κ3) is 4.95. The van der Waals surface area contributed by atoms with Crippen LogP contribution in [-0.2, 0) is 19.3 Å². The molecule has 0 aliphatic rings. The van der Waals surface area contributed by atoms with Gasteiger partial charge < -0.3 is 5.32 Å². The highest BCUT2D eigenvalue weighted by Gasteiger charge is 2.35. The smallest absolute Gasteiger partial charge is 0.318 e. The van der Waals surface area contributed by atoms with Crippen LogP contribution in [0, 0.1) is 13.8 Å². The van der Waals surface area contributed by atoms with Gasteiger partial charge in [0.05, 0.1) is 30.3 Å². The van der Waals surface area contributed by atoms with Gasteiger partial charge in [-0.3, -0.25) is 14.2 Å². The molecule has 0 atom stereocenters. The molecule has 4 heterocycles. The van der Waals surface area contributed by atoms with Gasteiger partial charge in [-0.05, 0) is 44.0 Å². The summed E-state index contributed by atoms with van der Waals surface area (Å²) in [5, 5.41) is 15.0. The van der Waals surface area contributed by atoms with E-state index in [4.69, 9.17) is 0 Å². The zero-order chi connectivity index (χ0) is 26.3. The molecule has 4 aromatic heterocycles. The molecule has 5 rings (SSSR count). The molecule has 37 heavy (non-hydrogen) atoms. The fourth-order valence-electron chi connectivity index (χ4n) is 3.89. The van der Waals surface area contributed by atoms with Crippen molar-refractivity contribution in [1.29, 1.82) is 0 Å². The Balaban J connectivity index is 1.42. The number of amides is 1. The fourth-order valence-corrected chi connectivity index (χ4v) is 3.89. The number of carbonyl (C=O) groups is 1. The van der Waals surface area contributed by atoms with E-state index in [1.807, 2.05) is 33.0 Å². The van der Waals surface area contributed by atoms with E-state index < -0.39 is 17.8 Å². The Kier molecular flexibility index (Phi) is 6.02. The molecule has 0 spiro atoms. The third-order valence-electron chi connectivity index (χ3n) is 6.00. The highest BCUT2D eigenvalue weighted by Crippen LogP contribution is 2.32. The first kappa shape index (κ1) is 24.2. The lowest BCUT2D eigenvalue weighted by atomic mass is 10.0. The topological polar surface area (TPSA) is 94.9 Å². The molecule has 1 amide bonds. The fraction of sp³-hybridized carbons (Fsp3) is 0.240. The summed E-state index contributed by atoms with van der Waals surface area (Å²) in [7, 11) is 0. The van der Waals surface area contributed by atoms with Gasteiger partial charge in [0.2, 0.25) is 0 Å². The van der Waals surface area contributed by atoms with Crippen molar-refractivity contribution in [3.8, 4) is 11.3 Å². The summed E-state index contributed by atoms with van der Waals surface area (Å²) in [6.45, 7) is 6.97. The number of hydrogen-bond donors (Lipinski definition) is 1. The number of halogens is 3. The number of carbonyl (C=O) groups excluding carboxylic acids is 1. The summed E-state index contributed by atoms with van der Waals surface area (Å²) in [5.41, 5.74) is 2.64. The summed E-state index contributed by atoms with van der Waals surface area (Å²) in [5.74, 6) is -0.676. The van der Waals surface area contributed by atoms with E-state index in [2.05, 4.69) is 25.6 Å². The van der Waals surface area contributed by atoms with Crippen LogP contribution in [-0.4, -0.2) is 40.1 Å². The molecule has 1 aromatic carbocycles. The minimum absolute atomic E-state index is 0.0863. The molecule has 0 unspecified atom stereocenters. The molecule has 0 saturated heterocycles. The summed E-state index contributed by atoms with van der Waals surface area (Å²) in [6, 6.07) is 7.50. The summed E-state index contributed by atoms with van der Waals surface area (Å²) >= 11 is 0. The summed E-state index contributed by atoms with van der Waals surface area (Å²) in [6.07, 6.45) is 2.00. The number of nitrogens with one attached hydrogen (secondary N) is 1. The predicted molar refractivity (Wildman–Crippen MR) is 130 cm³/mol. The van der Waals surface area contributed by atoms with Crippen LogP contribution in [0.15, 0.2) is 55.1 Å². The van der Waals surface area contributed by atoms with Gasteiger partial charge in [0.1, 0.15) is 0 Å². The predicted octanol–water partition coefficient (Wildman–Crippen LogP) is 4.75. The molecule has 0 fully saturated rings. The maximum Gasteiger partial charge on any atom is 0.433 e. The monoisotopic (exact) mass is 508 g/mol. The molecule has 0 aliphatic heterocycles. The molecule has 1 N–H and O–H groups in total. The summed E-state index contributed by atoms with van der Waals surface area (Å²) < 4.78 is 45.8. The lowest BCUT2D eigenvalue weighted by molar-refractivity contribution is -0.142. The number of fused-ring (bicyclic) bond motifs is 1. The zero-order valence-corrected chi connectivity index (χ0v) is 20.3. The van der Waals surface area contributed by atoms with E-state index >= 15 is 0 Å². The lowest BCUT2D eigenvalue weighted by Crippen LogP contribution is -2.15. The maximum atomic E-state index is 13.9. The number of alkyl halides is 3. The second-order valence-electron chi connectivity index (χ2n) is 8.71. The normalized spacial score (nSPS) is 11.8. The van der Waals surface area contributed by atoms with Crippen LogP contribution >= 0.6 is 0 Å². The van der Waals surface area contributed by atoms with E-state index in [1.165, 1.54) is 12.3 Å². The van der Waals surface area contributed by atoms with Crippen molar-refractivity contribution in [2.24, 2.45) is 0 Å². The standard InChI is InChI=1S/C25H23F3N8O/c1-4-34-12-17(10-29-34)13-35-14-19(11-30-35)31-24(37)21-9-23-32-20(18-6-5-15(2)16(3)7-18)8-22(25(26,27)28)36(23)33-21/h5-12,14H,4,13H2,1-3H3,(H,31,37). The molecule has 0 saturated carbocycles. The van der Waals surface area contributed by atoms with Crippen molar-refractivity contribution in [1.82, 2.24) is 34.2 Å². The van der Waals surface area contributed by atoms with Crippen molar-refractivity contribution in [2.45, 2.75) is 40.0 Å². The van der Waals surface area contributed by atoms with Crippen LogP contribution in [0.3, 0.4) is 0 Å². The van der Waals surface area contributed by atoms with Crippen LogP contribution in [0.2, 0.25) is 0 Å². The number of anilines is 1. The Labute approximate surface area is 209 Å². The minimum atomic E-state index is -4.71. The van der Waals surface area contributed by atoms with Crippen molar-refractivity contribution in [3.05, 3.63) is 83.2 Å². The van der Waals surface area contributed by atoms with E-state index in [9.17, 15) is 18.0 Å². The molecule has 9 nitrogen and oxygen atoms in total. The van der Waals surface area contributed by atoms with Crippen LogP contribution in [0.4, 0.5) is 18.9 Å². The van der Waals surface area contributed by atoms with Gasteiger partial charge in [0.15, 0.2) is 17.0 Å². The van der Waals surface area contributed by atoms with Crippen LogP contribution in [0.1, 0.15) is 39.8 Å². The van der Waals surface area contributed by atoms with Crippen molar-refractivity contribution in [3.63, 3.8) is 0 Å². The van der Waals surface area contributed by atoms with Gasteiger partial charge in [-0.25, -0.2) is 9.50 Å². The maximum absolute atomic E-state index is 13.9. The average molecular weight is 509 g/mol. The Bertz CT molecular complexity index is 1610. The van der Waals surface area contributed by atoms with Crippen LogP contribution in [0.25, 0.3) is 16.9 Å². The Morgan fingerprint density at radius 1 is 1.00 bits per heavy atom. The first-order valence-electron chi connectivity index (χ1n) is 11.5. The largest absolute Gasteiger partial charge is 0.433 e. The quantitative estimate of drug-likeness (QED) is 0.357.